The number of amides is 1. The molecule has 4 rings (SSSR count). The van der Waals surface area contributed by atoms with Crippen LogP contribution in [0.2, 0.25) is 5.02 Å². The molecule has 9 nitrogen and oxygen atoms in total. The summed E-state index contributed by atoms with van der Waals surface area (Å²) in [6.45, 7) is 0.112. The molecule has 0 aliphatic carbocycles. The Bertz CT molecular complexity index is 1230. The van der Waals surface area contributed by atoms with Gasteiger partial charge >= 0.3 is 0 Å². The summed E-state index contributed by atoms with van der Waals surface area (Å²) in [4.78, 5) is 32.0. The first-order chi connectivity index (χ1) is 15.1. The Balaban J connectivity index is 1.51. The van der Waals surface area contributed by atoms with Gasteiger partial charge in [0.1, 0.15) is 5.56 Å². The maximum Gasteiger partial charge on any atom is 0.273 e. The average molecular weight is 434 g/mol. The van der Waals surface area contributed by atoms with Gasteiger partial charge in [-0.05, 0) is 28.4 Å². The molecule has 0 radical (unpaired) electrons. The van der Waals surface area contributed by atoms with Crippen molar-refractivity contribution >= 4 is 23.3 Å². The van der Waals surface area contributed by atoms with Crippen LogP contribution >= 0.6 is 11.6 Å². The molecule has 2 aromatic heterocycles. The van der Waals surface area contributed by atoms with Crippen LogP contribution in [0.4, 0.5) is 5.82 Å². The Hall–Kier alpha value is -3.95. The Morgan fingerprint density at radius 2 is 1.90 bits per heavy atom. The number of halogens is 1. The summed E-state index contributed by atoms with van der Waals surface area (Å²) < 4.78 is 1.35. The molecule has 0 fully saturated rings. The summed E-state index contributed by atoms with van der Waals surface area (Å²) in [5.41, 5.74) is 2.55. The number of nitrogens with two attached hydrogens (primary N) is 1. The van der Waals surface area contributed by atoms with E-state index < -0.39 is 5.91 Å². The summed E-state index contributed by atoms with van der Waals surface area (Å²) >= 11 is 6.24. The Labute approximate surface area is 182 Å². The summed E-state index contributed by atoms with van der Waals surface area (Å²) in [6, 6.07) is 16.7. The van der Waals surface area contributed by atoms with Gasteiger partial charge in [0.15, 0.2) is 0 Å². The smallest absolute Gasteiger partial charge is 0.272 e. The van der Waals surface area contributed by atoms with E-state index >= 15 is 0 Å². The Kier molecular flexibility index (Phi) is 5.78. The second-order valence-corrected chi connectivity index (χ2v) is 6.97. The first kappa shape index (κ1) is 20.3. The largest absolute Gasteiger partial charge is 0.273 e. The maximum absolute atomic E-state index is 12.7. The summed E-state index contributed by atoms with van der Waals surface area (Å²) in [5, 5.41) is 8.46. The number of benzene rings is 2. The zero-order valence-corrected chi connectivity index (χ0v) is 16.8. The van der Waals surface area contributed by atoms with Crippen molar-refractivity contribution in [1.82, 2.24) is 24.8 Å². The van der Waals surface area contributed by atoms with Crippen molar-refractivity contribution in [2.24, 2.45) is 11.0 Å². The van der Waals surface area contributed by atoms with Gasteiger partial charge in [-0.25, -0.2) is 15.5 Å². The molecule has 2 heterocycles. The van der Waals surface area contributed by atoms with Crippen LogP contribution < -0.4 is 5.84 Å². The second-order valence-electron chi connectivity index (χ2n) is 6.56. The molecular formula is C21H16ClN7O2. The van der Waals surface area contributed by atoms with Crippen LogP contribution in [-0.2, 0) is 6.54 Å². The first-order valence-corrected chi connectivity index (χ1v) is 9.55. The lowest BCUT2D eigenvalue weighted by Crippen LogP contribution is -2.37. The minimum Gasteiger partial charge on any atom is -0.272 e. The van der Waals surface area contributed by atoms with E-state index in [2.05, 4.69) is 20.2 Å². The number of aromatic nitrogens is 4. The molecule has 2 aromatic carbocycles. The van der Waals surface area contributed by atoms with Crippen LogP contribution in [0, 0.1) is 4.91 Å². The molecular weight excluding hydrogens is 418 g/mol. The molecule has 0 bridgehead atoms. The summed E-state index contributed by atoms with van der Waals surface area (Å²) in [7, 11) is 0. The number of carbonyl (C=O) groups excluding carboxylic acids is 1. The third kappa shape index (κ3) is 4.32. The lowest BCUT2D eigenvalue weighted by Gasteiger charge is -2.17. The molecule has 0 aliphatic rings. The molecule has 0 atom stereocenters. The van der Waals surface area contributed by atoms with Crippen LogP contribution in [0.25, 0.3) is 17.1 Å². The van der Waals surface area contributed by atoms with Crippen molar-refractivity contribution in [1.29, 1.82) is 0 Å². The van der Waals surface area contributed by atoms with Gasteiger partial charge in [0.2, 0.25) is 5.82 Å². The van der Waals surface area contributed by atoms with Crippen molar-refractivity contribution in [2.75, 3.05) is 0 Å². The van der Waals surface area contributed by atoms with Crippen LogP contribution in [-0.4, -0.2) is 30.7 Å². The van der Waals surface area contributed by atoms with E-state index in [1.807, 2.05) is 48.5 Å². The van der Waals surface area contributed by atoms with Gasteiger partial charge in [-0.2, -0.15) is 10.1 Å². The molecule has 0 aliphatic heterocycles. The maximum atomic E-state index is 12.7. The average Bonchev–Trinajstić information content (AvgIpc) is 3.34. The minimum atomic E-state index is -0.628. The fourth-order valence-corrected chi connectivity index (χ4v) is 3.23. The van der Waals surface area contributed by atoms with Crippen molar-refractivity contribution in [3.8, 4) is 17.1 Å². The van der Waals surface area contributed by atoms with E-state index in [0.29, 0.717) is 5.02 Å². The number of rotatable bonds is 6. The van der Waals surface area contributed by atoms with Gasteiger partial charge < -0.3 is 0 Å². The molecule has 0 unspecified atom stereocenters. The normalized spacial score (nSPS) is 10.6. The highest BCUT2D eigenvalue weighted by Gasteiger charge is 2.20. The number of nitrogens with zero attached hydrogens (tertiary/aromatic N) is 6. The predicted molar refractivity (Wildman–Crippen MR) is 116 cm³/mol. The Morgan fingerprint density at radius 3 is 2.58 bits per heavy atom. The van der Waals surface area contributed by atoms with Crippen molar-refractivity contribution in [2.45, 2.75) is 6.54 Å². The van der Waals surface area contributed by atoms with Crippen LogP contribution in [0.3, 0.4) is 0 Å². The molecule has 10 heteroatoms. The highest BCUT2D eigenvalue weighted by Crippen LogP contribution is 2.27. The number of hydrogen-bond donors (Lipinski definition) is 1. The van der Waals surface area contributed by atoms with Gasteiger partial charge in [0.05, 0.1) is 6.54 Å². The van der Waals surface area contributed by atoms with Gasteiger partial charge in [0.25, 0.3) is 11.9 Å². The number of hydrazine groups is 1. The third-order valence-corrected chi connectivity index (χ3v) is 4.86. The molecule has 0 spiro atoms. The topological polar surface area (TPSA) is 119 Å². The van der Waals surface area contributed by atoms with E-state index in [0.717, 1.165) is 21.7 Å². The van der Waals surface area contributed by atoms with Gasteiger partial charge in [0, 0.05) is 29.2 Å². The van der Waals surface area contributed by atoms with Crippen LogP contribution in [0.1, 0.15) is 15.9 Å². The molecule has 0 saturated heterocycles. The van der Waals surface area contributed by atoms with Gasteiger partial charge in [-0.15, -0.1) is 4.91 Å². The quantitative estimate of drug-likeness (QED) is 0.213. The van der Waals surface area contributed by atoms with Gasteiger partial charge in [-0.1, -0.05) is 54.1 Å². The highest BCUT2D eigenvalue weighted by atomic mass is 35.5. The third-order valence-electron chi connectivity index (χ3n) is 4.53. The van der Waals surface area contributed by atoms with Crippen LogP contribution in [0.15, 0.2) is 78.4 Å². The summed E-state index contributed by atoms with van der Waals surface area (Å²) in [6.07, 6.45) is 4.35. The fraction of sp³-hybridized carbons (Fsp3) is 0.0476. The first-order valence-electron chi connectivity index (χ1n) is 9.17. The lowest BCUT2D eigenvalue weighted by atomic mass is 10.0. The van der Waals surface area contributed by atoms with E-state index in [4.69, 9.17) is 17.4 Å². The second kappa shape index (κ2) is 8.82. The highest BCUT2D eigenvalue weighted by molar-refractivity contribution is 6.33. The van der Waals surface area contributed by atoms with E-state index in [1.165, 1.54) is 17.1 Å². The standard InChI is InChI=1S/C21H16ClN7O2/c22-18-5-2-1-4-16(18)15-8-6-14(7-9-15)13-28(23)20(30)17-12-24-21(26-19(17)27-31)29-11-3-10-25-29/h1-12H,13,23H2. The van der Waals surface area contributed by atoms with E-state index in [9.17, 15) is 9.70 Å². The minimum absolute atomic E-state index is 0.0962. The van der Waals surface area contributed by atoms with E-state index in [-0.39, 0.29) is 23.9 Å². The monoisotopic (exact) mass is 433 g/mol. The molecule has 2 N–H and O–H groups in total. The predicted octanol–water partition coefficient (Wildman–Crippen LogP) is 3.90. The van der Waals surface area contributed by atoms with E-state index in [1.54, 1.807) is 12.3 Å². The zero-order chi connectivity index (χ0) is 21.8. The fourth-order valence-electron chi connectivity index (χ4n) is 2.99. The number of carbonyl (C=O) groups is 1. The molecule has 31 heavy (non-hydrogen) atoms. The van der Waals surface area contributed by atoms with Crippen molar-refractivity contribution < 1.29 is 4.79 Å². The summed E-state index contributed by atoms with van der Waals surface area (Å²) in [5.74, 6) is 5.14. The van der Waals surface area contributed by atoms with Gasteiger partial charge in [-0.3, -0.25) is 9.80 Å². The Morgan fingerprint density at radius 1 is 1.13 bits per heavy atom. The molecule has 154 valence electrons. The lowest BCUT2D eigenvalue weighted by molar-refractivity contribution is 0.0743. The van der Waals surface area contributed by atoms with Crippen molar-refractivity contribution in [3.05, 3.63) is 94.2 Å². The van der Waals surface area contributed by atoms with Crippen LogP contribution in [0.5, 0.6) is 0 Å². The van der Waals surface area contributed by atoms with Crippen molar-refractivity contribution in [3.63, 3.8) is 0 Å². The zero-order valence-electron chi connectivity index (χ0n) is 16.1. The molecule has 4 aromatic rings. The molecule has 0 saturated carbocycles. The molecule has 1 amide bonds. The number of hydrogen-bond acceptors (Lipinski definition) is 7. The SMILES string of the molecule is NN(Cc1ccc(-c2ccccc2Cl)cc1)C(=O)c1cnc(-n2cccn2)nc1N=O. The number of nitroso groups, excluding NO2 is 1.